The molecule has 2 rings (SSSR count). The summed E-state index contributed by atoms with van der Waals surface area (Å²) >= 11 is 0. The summed E-state index contributed by atoms with van der Waals surface area (Å²) in [6.07, 6.45) is 0. The van der Waals surface area contributed by atoms with Crippen molar-refractivity contribution in [1.82, 2.24) is 0 Å². The highest BCUT2D eigenvalue weighted by Crippen LogP contribution is 2.29. The van der Waals surface area contributed by atoms with Crippen molar-refractivity contribution < 1.29 is 14.6 Å². The molecule has 0 bridgehead atoms. The first-order valence-corrected chi connectivity index (χ1v) is 6.20. The van der Waals surface area contributed by atoms with Gasteiger partial charge in [-0.2, -0.15) is 0 Å². The van der Waals surface area contributed by atoms with E-state index < -0.39 is 27.1 Å². The average molecular weight is 301 g/mol. The number of benzene rings is 2. The number of nitrogens with one attached hydrogen (secondary N) is 1. The summed E-state index contributed by atoms with van der Waals surface area (Å²) in [4.78, 5) is 32.6. The van der Waals surface area contributed by atoms with E-state index in [0.29, 0.717) is 5.69 Å². The molecule has 0 heterocycles. The lowest BCUT2D eigenvalue weighted by molar-refractivity contribution is -0.395. The third-order valence-electron chi connectivity index (χ3n) is 3.04. The van der Waals surface area contributed by atoms with Gasteiger partial charge in [-0.05, 0) is 19.1 Å². The van der Waals surface area contributed by atoms with Gasteiger partial charge in [0.2, 0.25) is 0 Å². The molecular formula is C14H11N3O5. The predicted molar refractivity (Wildman–Crippen MR) is 78.9 cm³/mol. The van der Waals surface area contributed by atoms with Crippen molar-refractivity contribution >= 4 is 23.0 Å². The van der Waals surface area contributed by atoms with Gasteiger partial charge in [0.1, 0.15) is 5.56 Å². The van der Waals surface area contributed by atoms with E-state index in [0.717, 1.165) is 12.1 Å². The molecule has 2 aromatic carbocycles. The minimum absolute atomic E-state index is 0.0914. The molecule has 0 aliphatic heterocycles. The Bertz CT molecular complexity index is 723. The van der Waals surface area contributed by atoms with Crippen LogP contribution in [0.4, 0.5) is 17.1 Å². The van der Waals surface area contributed by atoms with Gasteiger partial charge in [-0.25, -0.2) is 0 Å². The minimum atomic E-state index is -0.748. The van der Waals surface area contributed by atoms with Gasteiger partial charge < -0.3 is 5.32 Å². The van der Waals surface area contributed by atoms with Crippen LogP contribution in [0.3, 0.4) is 0 Å². The Morgan fingerprint density at radius 3 is 1.95 bits per heavy atom. The topological polar surface area (TPSA) is 115 Å². The number of para-hydroxylation sites is 1. The smallest absolute Gasteiger partial charge is 0.279 e. The Morgan fingerprint density at radius 1 is 1.00 bits per heavy atom. The van der Waals surface area contributed by atoms with Crippen LogP contribution < -0.4 is 5.32 Å². The van der Waals surface area contributed by atoms with Gasteiger partial charge in [0, 0.05) is 17.8 Å². The molecule has 0 spiro atoms. The average Bonchev–Trinajstić information content (AvgIpc) is 2.47. The fourth-order valence-corrected chi connectivity index (χ4v) is 1.92. The van der Waals surface area contributed by atoms with Gasteiger partial charge in [-0.15, -0.1) is 0 Å². The largest absolute Gasteiger partial charge is 0.322 e. The summed E-state index contributed by atoms with van der Waals surface area (Å²) in [5, 5.41) is 24.5. The summed E-state index contributed by atoms with van der Waals surface area (Å²) in [5.74, 6) is -0.655. The number of rotatable bonds is 4. The number of amides is 1. The van der Waals surface area contributed by atoms with Crippen LogP contribution in [0.2, 0.25) is 0 Å². The van der Waals surface area contributed by atoms with Crippen LogP contribution in [0.1, 0.15) is 15.9 Å². The van der Waals surface area contributed by atoms with Crippen molar-refractivity contribution in [3.63, 3.8) is 0 Å². The zero-order chi connectivity index (χ0) is 16.3. The standard InChI is InChI=1S/C14H11N3O5/c1-9-12(16(19)20)7-10(8-13(9)17(21)22)14(18)15-11-5-3-2-4-6-11/h2-8H,1H3,(H,15,18). The van der Waals surface area contributed by atoms with Gasteiger partial charge >= 0.3 is 0 Å². The zero-order valence-electron chi connectivity index (χ0n) is 11.5. The lowest BCUT2D eigenvalue weighted by Crippen LogP contribution is -2.13. The molecule has 1 amide bonds. The molecule has 0 fully saturated rings. The SMILES string of the molecule is Cc1c([N+](=O)[O-])cc(C(=O)Nc2ccccc2)cc1[N+](=O)[O-]. The molecule has 0 saturated carbocycles. The number of hydrogen-bond acceptors (Lipinski definition) is 5. The molecule has 0 aliphatic rings. The van der Waals surface area contributed by atoms with Crippen LogP contribution >= 0.6 is 0 Å². The van der Waals surface area contributed by atoms with E-state index in [1.165, 1.54) is 6.92 Å². The van der Waals surface area contributed by atoms with E-state index in [-0.39, 0.29) is 11.1 Å². The van der Waals surface area contributed by atoms with E-state index >= 15 is 0 Å². The Morgan fingerprint density at radius 2 is 1.50 bits per heavy atom. The summed E-state index contributed by atoms with van der Waals surface area (Å²) in [5.41, 5.74) is -0.683. The van der Waals surface area contributed by atoms with E-state index in [2.05, 4.69) is 5.32 Å². The molecule has 8 heteroatoms. The van der Waals surface area contributed by atoms with Crippen molar-refractivity contribution in [2.24, 2.45) is 0 Å². The van der Waals surface area contributed by atoms with Gasteiger partial charge in [0.15, 0.2) is 0 Å². The van der Waals surface area contributed by atoms with Crippen molar-refractivity contribution in [3.05, 3.63) is 73.8 Å². The molecule has 0 saturated heterocycles. The van der Waals surface area contributed by atoms with Crippen molar-refractivity contribution in [2.45, 2.75) is 6.92 Å². The van der Waals surface area contributed by atoms with Gasteiger partial charge in [-0.1, -0.05) is 18.2 Å². The molecule has 0 atom stereocenters. The Balaban J connectivity index is 2.44. The third-order valence-corrected chi connectivity index (χ3v) is 3.04. The third kappa shape index (κ3) is 3.06. The minimum Gasteiger partial charge on any atom is -0.322 e. The van der Waals surface area contributed by atoms with Crippen LogP contribution in [0, 0.1) is 27.2 Å². The lowest BCUT2D eigenvalue weighted by Gasteiger charge is -2.06. The van der Waals surface area contributed by atoms with Crippen LogP contribution in [-0.4, -0.2) is 15.8 Å². The quantitative estimate of drug-likeness (QED) is 0.688. The molecule has 0 unspecified atom stereocenters. The molecular weight excluding hydrogens is 290 g/mol. The lowest BCUT2D eigenvalue weighted by atomic mass is 10.1. The van der Waals surface area contributed by atoms with Gasteiger partial charge in [0.25, 0.3) is 17.3 Å². The second-order valence-corrected chi connectivity index (χ2v) is 4.47. The van der Waals surface area contributed by atoms with Crippen LogP contribution in [0.25, 0.3) is 0 Å². The Hall–Kier alpha value is -3.29. The molecule has 112 valence electrons. The van der Waals surface area contributed by atoms with Crippen LogP contribution in [0.5, 0.6) is 0 Å². The molecule has 2 aromatic rings. The normalized spacial score (nSPS) is 10.0. The van der Waals surface area contributed by atoms with Crippen molar-refractivity contribution in [3.8, 4) is 0 Å². The van der Waals surface area contributed by atoms with E-state index in [9.17, 15) is 25.0 Å². The van der Waals surface area contributed by atoms with E-state index in [1.807, 2.05) is 0 Å². The van der Waals surface area contributed by atoms with Crippen molar-refractivity contribution in [1.29, 1.82) is 0 Å². The van der Waals surface area contributed by atoms with E-state index in [4.69, 9.17) is 0 Å². The molecule has 0 aromatic heterocycles. The predicted octanol–water partition coefficient (Wildman–Crippen LogP) is 3.06. The first kappa shape index (κ1) is 15.1. The first-order chi connectivity index (χ1) is 10.4. The highest BCUT2D eigenvalue weighted by molar-refractivity contribution is 6.05. The monoisotopic (exact) mass is 301 g/mol. The summed E-state index contributed by atoms with van der Waals surface area (Å²) in [6, 6.07) is 10.5. The van der Waals surface area contributed by atoms with E-state index in [1.54, 1.807) is 30.3 Å². The maximum absolute atomic E-state index is 12.1. The summed E-state index contributed by atoms with van der Waals surface area (Å²) < 4.78 is 0. The molecule has 22 heavy (non-hydrogen) atoms. The Labute approximate surface area is 124 Å². The number of nitro benzene ring substituents is 2. The first-order valence-electron chi connectivity index (χ1n) is 6.20. The second kappa shape index (κ2) is 6.00. The second-order valence-electron chi connectivity index (χ2n) is 4.47. The Kier molecular flexibility index (Phi) is 4.12. The molecule has 8 nitrogen and oxygen atoms in total. The number of nitrogens with zero attached hydrogens (tertiary/aromatic N) is 2. The fraction of sp³-hybridized carbons (Fsp3) is 0.0714. The summed E-state index contributed by atoms with van der Waals surface area (Å²) in [7, 11) is 0. The van der Waals surface area contributed by atoms with Crippen LogP contribution in [-0.2, 0) is 0 Å². The highest BCUT2D eigenvalue weighted by atomic mass is 16.6. The fourth-order valence-electron chi connectivity index (χ4n) is 1.92. The number of carbonyl (C=O) groups is 1. The molecule has 1 N–H and O–H groups in total. The van der Waals surface area contributed by atoms with Gasteiger partial charge in [-0.3, -0.25) is 25.0 Å². The number of nitro groups is 2. The van der Waals surface area contributed by atoms with Gasteiger partial charge in [0.05, 0.1) is 15.4 Å². The van der Waals surface area contributed by atoms with Crippen LogP contribution in [0.15, 0.2) is 42.5 Å². The number of anilines is 1. The maximum Gasteiger partial charge on any atom is 0.279 e. The van der Waals surface area contributed by atoms with Crippen molar-refractivity contribution in [2.75, 3.05) is 5.32 Å². The highest BCUT2D eigenvalue weighted by Gasteiger charge is 2.25. The zero-order valence-corrected chi connectivity index (χ0v) is 11.5. The maximum atomic E-state index is 12.1. The molecule has 0 radical (unpaired) electrons. The number of carbonyl (C=O) groups excluding carboxylic acids is 1. The molecule has 0 aliphatic carbocycles. The number of hydrogen-bond donors (Lipinski definition) is 1. The summed E-state index contributed by atoms with van der Waals surface area (Å²) in [6.45, 7) is 1.27.